The second-order valence-electron chi connectivity index (χ2n) is 12.4. The van der Waals surface area contributed by atoms with Crippen LogP contribution < -0.4 is 9.47 Å². The van der Waals surface area contributed by atoms with Gasteiger partial charge in [-0.25, -0.2) is 19.3 Å². The molecule has 0 saturated carbocycles. The van der Waals surface area contributed by atoms with E-state index in [0.717, 1.165) is 40.1 Å². The molecule has 46 heavy (non-hydrogen) atoms. The van der Waals surface area contributed by atoms with E-state index in [1.807, 2.05) is 84.0 Å². The maximum atomic E-state index is 12.6. The Kier molecular flexibility index (Phi) is 9.65. The zero-order valence-electron chi connectivity index (χ0n) is 27.6. The zero-order chi connectivity index (χ0) is 33.0. The molecule has 10 heteroatoms. The van der Waals surface area contributed by atoms with Crippen LogP contribution in [0, 0.1) is 6.92 Å². The van der Waals surface area contributed by atoms with Gasteiger partial charge in [-0.3, -0.25) is 0 Å². The van der Waals surface area contributed by atoms with Gasteiger partial charge in [0.05, 0.1) is 18.5 Å². The molecule has 2 aliphatic rings. The molecular formula is C36H42N4O6. The van der Waals surface area contributed by atoms with Crippen LogP contribution in [0.15, 0.2) is 65.8 Å². The van der Waals surface area contributed by atoms with Crippen molar-refractivity contribution in [2.45, 2.75) is 79.9 Å². The van der Waals surface area contributed by atoms with Crippen molar-refractivity contribution in [2.75, 3.05) is 13.2 Å². The Morgan fingerprint density at radius 2 is 1.91 bits per heavy atom. The number of nitrogens with zero attached hydrogens (tertiary/aromatic N) is 4. The minimum atomic E-state index is -0.650. The highest BCUT2D eigenvalue weighted by molar-refractivity contribution is 6.11. The highest BCUT2D eigenvalue weighted by Gasteiger charge is 2.26. The molecule has 0 saturated heterocycles. The lowest BCUT2D eigenvalue weighted by Crippen LogP contribution is -2.39. The summed E-state index contributed by atoms with van der Waals surface area (Å²) in [6, 6.07) is 12.2. The number of allylic oxidation sites excluding steroid dienone is 4. The molecule has 10 nitrogen and oxygen atoms in total. The molecule has 1 atom stereocenters. The summed E-state index contributed by atoms with van der Waals surface area (Å²) in [5.74, 6) is 0.500. The van der Waals surface area contributed by atoms with Crippen LogP contribution in [0.2, 0.25) is 0 Å². The van der Waals surface area contributed by atoms with Crippen LogP contribution in [0.5, 0.6) is 11.6 Å². The third-order valence-corrected chi connectivity index (χ3v) is 7.55. The molecule has 1 unspecified atom stereocenters. The van der Waals surface area contributed by atoms with E-state index in [9.17, 15) is 9.59 Å². The van der Waals surface area contributed by atoms with E-state index in [2.05, 4.69) is 17.2 Å². The van der Waals surface area contributed by atoms with Gasteiger partial charge < -0.3 is 23.8 Å². The van der Waals surface area contributed by atoms with Gasteiger partial charge in [-0.2, -0.15) is 5.10 Å². The summed E-state index contributed by atoms with van der Waals surface area (Å²) in [6.07, 6.45) is 6.97. The number of benzene rings is 2. The Labute approximate surface area is 270 Å². The Morgan fingerprint density at radius 1 is 1.11 bits per heavy atom. The smallest absolute Gasteiger partial charge is 0.410 e. The molecule has 1 aromatic heterocycles. The van der Waals surface area contributed by atoms with Crippen LogP contribution in [0.25, 0.3) is 5.70 Å². The number of hydrogen-bond acceptors (Lipinski definition) is 8. The van der Waals surface area contributed by atoms with Crippen LogP contribution in [-0.4, -0.2) is 57.4 Å². The normalized spacial score (nSPS) is 19.3. The number of hydrogen-bond donors (Lipinski definition) is 0. The topological polar surface area (TPSA) is 104 Å². The van der Waals surface area contributed by atoms with Gasteiger partial charge in [-0.1, -0.05) is 36.4 Å². The first-order valence-electron chi connectivity index (χ1n) is 15.6. The number of rotatable bonds is 6. The minimum Gasteiger partial charge on any atom is -0.488 e. The van der Waals surface area contributed by atoms with E-state index in [4.69, 9.17) is 23.9 Å². The Balaban J connectivity index is 1.36. The van der Waals surface area contributed by atoms with Gasteiger partial charge in [0, 0.05) is 24.4 Å². The molecule has 0 N–H and O–H groups in total. The third-order valence-electron chi connectivity index (χ3n) is 7.55. The summed E-state index contributed by atoms with van der Waals surface area (Å²) < 4.78 is 25.0. The highest BCUT2D eigenvalue weighted by atomic mass is 16.6. The maximum absolute atomic E-state index is 12.6. The molecule has 0 spiro atoms. The van der Waals surface area contributed by atoms with Crippen molar-refractivity contribution in [2.24, 2.45) is 4.99 Å². The molecule has 0 bridgehead atoms. The Bertz CT molecular complexity index is 1710. The van der Waals surface area contributed by atoms with E-state index in [0.29, 0.717) is 25.4 Å². The predicted octanol–water partition coefficient (Wildman–Crippen LogP) is 6.89. The largest absolute Gasteiger partial charge is 0.488 e. The fraction of sp³-hybridized carbons (Fsp3) is 0.389. The summed E-state index contributed by atoms with van der Waals surface area (Å²) in [4.78, 5) is 31.8. The first kappa shape index (κ1) is 32.5. The van der Waals surface area contributed by atoms with Crippen molar-refractivity contribution in [3.8, 4) is 11.6 Å². The SMILES string of the molecule is CCOC(=O)c1cnn2c1OC(C)/N=C(c1cccc(C)c1OCc1ccc3c(c1)CCN(C(=O)OC(C)(C)C)C3)/C=C\C=C\2C. The molecule has 3 aromatic rings. The molecule has 5 rings (SSSR count). The van der Waals surface area contributed by atoms with Crippen molar-refractivity contribution >= 4 is 23.5 Å². The number of aliphatic imine (C=N–C) groups is 1. The van der Waals surface area contributed by atoms with Gasteiger partial charge in [0.1, 0.15) is 23.5 Å². The monoisotopic (exact) mass is 626 g/mol. The summed E-state index contributed by atoms with van der Waals surface area (Å²) in [5.41, 5.74) is 6.31. The second kappa shape index (κ2) is 13.6. The van der Waals surface area contributed by atoms with Crippen molar-refractivity contribution < 1.29 is 28.5 Å². The predicted molar refractivity (Wildman–Crippen MR) is 176 cm³/mol. The highest BCUT2D eigenvalue weighted by Crippen LogP contribution is 2.30. The van der Waals surface area contributed by atoms with E-state index in [1.54, 1.807) is 16.5 Å². The molecule has 2 aromatic carbocycles. The van der Waals surface area contributed by atoms with Gasteiger partial charge in [-0.15, -0.1) is 0 Å². The van der Waals surface area contributed by atoms with Crippen LogP contribution in [0.3, 0.4) is 0 Å². The lowest BCUT2D eigenvalue weighted by molar-refractivity contribution is 0.0223. The minimum absolute atomic E-state index is 0.241. The summed E-state index contributed by atoms with van der Waals surface area (Å²) >= 11 is 0. The number of amides is 1. The van der Waals surface area contributed by atoms with Gasteiger partial charge in [0.2, 0.25) is 5.88 Å². The fourth-order valence-corrected chi connectivity index (χ4v) is 5.37. The molecule has 0 fully saturated rings. The van der Waals surface area contributed by atoms with Crippen molar-refractivity contribution in [1.82, 2.24) is 14.7 Å². The number of aryl methyl sites for hydroxylation is 1. The molecule has 0 radical (unpaired) electrons. The molecule has 242 valence electrons. The Hall–Kier alpha value is -4.86. The average molecular weight is 627 g/mol. The summed E-state index contributed by atoms with van der Waals surface area (Å²) in [6.45, 7) is 14.8. The standard InChI is InChI=1S/C36H42N4O6/c1-8-43-34(41)30-20-37-40-24(3)12-10-14-31(38-25(4)45-33(30)40)29-13-9-11-23(2)32(29)44-22-26-15-16-28-21-39(18-17-27(28)19-26)35(42)46-36(5,6)7/h9-16,19-20,25H,8,17-18,21-22H2,1-7H3/b14-10-,24-12+,38-31-. The third kappa shape index (κ3) is 7.50. The second-order valence-corrected chi connectivity index (χ2v) is 12.4. The average Bonchev–Trinajstić information content (AvgIpc) is 3.42. The van der Waals surface area contributed by atoms with Gasteiger partial charge in [-0.05, 0) is 95.4 Å². The Morgan fingerprint density at radius 3 is 2.67 bits per heavy atom. The zero-order valence-corrected chi connectivity index (χ0v) is 27.6. The summed E-state index contributed by atoms with van der Waals surface area (Å²) in [7, 11) is 0. The molecular weight excluding hydrogens is 584 g/mol. The number of ether oxygens (including phenoxy) is 4. The van der Waals surface area contributed by atoms with Crippen molar-refractivity contribution in [1.29, 1.82) is 0 Å². The lowest BCUT2D eigenvalue weighted by Gasteiger charge is -2.31. The molecule has 2 aliphatic heterocycles. The molecule has 1 amide bonds. The van der Waals surface area contributed by atoms with Gasteiger partial charge in [0.15, 0.2) is 6.23 Å². The van der Waals surface area contributed by atoms with E-state index < -0.39 is 17.8 Å². The number of carbonyl (C=O) groups excluding carboxylic acids is 2. The van der Waals surface area contributed by atoms with Crippen molar-refractivity contribution in [3.63, 3.8) is 0 Å². The van der Waals surface area contributed by atoms with Crippen LogP contribution >= 0.6 is 0 Å². The number of para-hydroxylation sites is 1. The van der Waals surface area contributed by atoms with Crippen LogP contribution in [0.1, 0.15) is 79.7 Å². The quantitative estimate of drug-likeness (QED) is 0.275. The molecule has 0 aliphatic carbocycles. The van der Waals surface area contributed by atoms with Gasteiger partial charge >= 0.3 is 12.1 Å². The van der Waals surface area contributed by atoms with E-state index in [1.165, 1.54) is 11.8 Å². The van der Waals surface area contributed by atoms with Crippen LogP contribution in [0.4, 0.5) is 4.79 Å². The summed E-state index contributed by atoms with van der Waals surface area (Å²) in [5, 5.41) is 4.35. The maximum Gasteiger partial charge on any atom is 0.410 e. The van der Waals surface area contributed by atoms with E-state index in [-0.39, 0.29) is 24.1 Å². The number of aromatic nitrogens is 2. The number of carbonyl (C=O) groups is 2. The lowest BCUT2D eigenvalue weighted by atomic mass is 9.97. The number of fused-ring (bicyclic) bond motifs is 2. The molecule has 3 heterocycles. The van der Waals surface area contributed by atoms with E-state index >= 15 is 0 Å². The first-order valence-corrected chi connectivity index (χ1v) is 15.6. The number of esters is 1. The van der Waals surface area contributed by atoms with Crippen molar-refractivity contribution in [3.05, 3.63) is 94.2 Å². The van der Waals surface area contributed by atoms with Crippen LogP contribution in [-0.2, 0) is 29.0 Å². The first-order chi connectivity index (χ1) is 21.9. The fourth-order valence-electron chi connectivity index (χ4n) is 5.37. The van der Waals surface area contributed by atoms with Gasteiger partial charge in [0.25, 0.3) is 0 Å².